The molecule has 1 aromatic rings. The van der Waals surface area contributed by atoms with Crippen molar-refractivity contribution >= 4 is 21.8 Å². The summed E-state index contributed by atoms with van der Waals surface area (Å²) in [5.74, 6) is 0.485. The predicted molar refractivity (Wildman–Crippen MR) is 56.4 cm³/mol. The Morgan fingerprint density at radius 3 is 3.14 bits per heavy atom. The van der Waals surface area contributed by atoms with Crippen molar-refractivity contribution < 1.29 is 9.53 Å². The summed E-state index contributed by atoms with van der Waals surface area (Å²) < 4.78 is 5.04. The third kappa shape index (κ3) is 2.99. The van der Waals surface area contributed by atoms with Crippen molar-refractivity contribution in [3.8, 4) is 5.88 Å². The lowest BCUT2D eigenvalue weighted by molar-refractivity contribution is -0.118. The number of carbonyl (C=O) groups excluding carboxylic acids is 1. The highest BCUT2D eigenvalue weighted by Gasteiger charge is 2.04. The molecule has 0 aliphatic heterocycles. The minimum Gasteiger partial charge on any atom is -0.481 e. The van der Waals surface area contributed by atoms with Crippen LogP contribution in [-0.2, 0) is 11.3 Å². The fraction of sp³-hybridized carbons (Fsp3) is 0.333. The molecule has 0 unspecified atom stereocenters. The van der Waals surface area contributed by atoms with E-state index >= 15 is 0 Å². The second kappa shape index (κ2) is 5.59. The summed E-state index contributed by atoms with van der Waals surface area (Å²) in [6, 6.07) is 3.67. The summed E-state index contributed by atoms with van der Waals surface area (Å²) in [5, 5.41) is 3.02. The molecule has 0 saturated carbocycles. The zero-order valence-corrected chi connectivity index (χ0v) is 9.37. The van der Waals surface area contributed by atoms with Gasteiger partial charge in [-0.1, -0.05) is 22.0 Å². The van der Waals surface area contributed by atoms with Crippen molar-refractivity contribution in [3.05, 3.63) is 23.9 Å². The van der Waals surface area contributed by atoms with E-state index in [-0.39, 0.29) is 5.91 Å². The van der Waals surface area contributed by atoms with E-state index in [9.17, 15) is 4.79 Å². The Labute approximate surface area is 90.8 Å². The maximum absolute atomic E-state index is 11.0. The number of aromatic nitrogens is 1. The summed E-state index contributed by atoms with van der Waals surface area (Å²) in [6.45, 7) is 0.432. The van der Waals surface area contributed by atoms with Crippen LogP contribution in [0.2, 0.25) is 0 Å². The first kappa shape index (κ1) is 11.0. The highest BCUT2D eigenvalue weighted by molar-refractivity contribution is 9.09. The molecule has 0 saturated heterocycles. The van der Waals surface area contributed by atoms with Crippen LogP contribution in [0.15, 0.2) is 18.3 Å². The van der Waals surface area contributed by atoms with Crippen molar-refractivity contribution in [2.45, 2.75) is 6.54 Å². The fourth-order valence-electron chi connectivity index (χ4n) is 0.984. The smallest absolute Gasteiger partial charge is 0.230 e. The minimum absolute atomic E-state index is 0.0593. The molecule has 0 bridgehead atoms. The molecule has 0 aliphatic rings. The molecule has 0 fully saturated rings. The summed E-state index contributed by atoms with van der Waals surface area (Å²) in [6.07, 6.45) is 1.65. The van der Waals surface area contributed by atoms with Crippen LogP contribution in [0.4, 0.5) is 0 Å². The molecule has 1 rings (SSSR count). The van der Waals surface area contributed by atoms with Gasteiger partial charge in [0.25, 0.3) is 0 Å². The van der Waals surface area contributed by atoms with Crippen molar-refractivity contribution in [3.63, 3.8) is 0 Å². The Kier molecular flexibility index (Phi) is 4.39. The Morgan fingerprint density at radius 1 is 1.71 bits per heavy atom. The Hall–Kier alpha value is -1.10. The number of hydrogen-bond donors (Lipinski definition) is 1. The number of carbonyl (C=O) groups is 1. The van der Waals surface area contributed by atoms with E-state index in [1.54, 1.807) is 19.4 Å². The van der Waals surface area contributed by atoms with E-state index in [0.717, 1.165) is 5.56 Å². The normalized spacial score (nSPS) is 9.57. The molecular formula is C9H11BrN2O2. The average Bonchev–Trinajstić information content (AvgIpc) is 2.26. The van der Waals surface area contributed by atoms with E-state index < -0.39 is 0 Å². The molecule has 0 aromatic carbocycles. The SMILES string of the molecule is COc1ncccc1CNC(=O)CBr. The lowest BCUT2D eigenvalue weighted by atomic mass is 10.2. The first-order valence-corrected chi connectivity index (χ1v) is 5.20. The summed E-state index contributed by atoms with van der Waals surface area (Å²) in [7, 11) is 1.55. The Balaban J connectivity index is 2.61. The summed E-state index contributed by atoms with van der Waals surface area (Å²) in [5.41, 5.74) is 0.865. The van der Waals surface area contributed by atoms with Gasteiger partial charge < -0.3 is 10.1 Å². The first-order chi connectivity index (χ1) is 6.77. The lowest BCUT2D eigenvalue weighted by Crippen LogP contribution is -2.23. The summed E-state index contributed by atoms with van der Waals surface area (Å²) >= 11 is 3.06. The number of amides is 1. The van der Waals surface area contributed by atoms with Crippen LogP contribution in [0.25, 0.3) is 0 Å². The van der Waals surface area contributed by atoms with Gasteiger partial charge in [-0.15, -0.1) is 0 Å². The quantitative estimate of drug-likeness (QED) is 0.824. The molecule has 76 valence electrons. The van der Waals surface area contributed by atoms with Crippen LogP contribution in [0.5, 0.6) is 5.88 Å². The number of alkyl halides is 1. The van der Waals surface area contributed by atoms with Crippen LogP contribution < -0.4 is 10.1 Å². The Bertz CT molecular complexity index is 317. The monoisotopic (exact) mass is 258 g/mol. The number of ether oxygens (including phenoxy) is 1. The molecule has 1 N–H and O–H groups in total. The van der Waals surface area contributed by atoms with Gasteiger partial charge in [0.15, 0.2) is 0 Å². The van der Waals surface area contributed by atoms with Gasteiger partial charge >= 0.3 is 0 Å². The number of methoxy groups -OCH3 is 1. The fourth-order valence-corrected chi connectivity index (χ4v) is 1.18. The van der Waals surface area contributed by atoms with Gasteiger partial charge in [0, 0.05) is 18.3 Å². The van der Waals surface area contributed by atoms with Crippen molar-refractivity contribution in [2.75, 3.05) is 12.4 Å². The number of pyridine rings is 1. The standard InChI is InChI=1S/C9H11BrN2O2/c1-14-9-7(3-2-4-11-9)6-12-8(13)5-10/h2-4H,5-6H2,1H3,(H,12,13). The number of nitrogens with one attached hydrogen (secondary N) is 1. The van der Waals surface area contributed by atoms with Gasteiger partial charge in [0.05, 0.1) is 12.4 Å². The average molecular weight is 259 g/mol. The molecule has 1 heterocycles. The van der Waals surface area contributed by atoms with Gasteiger partial charge in [-0.2, -0.15) is 0 Å². The maximum Gasteiger partial charge on any atom is 0.230 e. The topological polar surface area (TPSA) is 51.2 Å². The van der Waals surface area contributed by atoms with Gasteiger partial charge in [0.2, 0.25) is 11.8 Å². The minimum atomic E-state index is -0.0593. The van der Waals surface area contributed by atoms with Crippen molar-refractivity contribution in [1.29, 1.82) is 0 Å². The first-order valence-electron chi connectivity index (χ1n) is 4.08. The molecule has 1 aromatic heterocycles. The van der Waals surface area contributed by atoms with Crippen molar-refractivity contribution in [1.82, 2.24) is 10.3 Å². The highest BCUT2D eigenvalue weighted by atomic mass is 79.9. The Morgan fingerprint density at radius 2 is 2.50 bits per heavy atom. The van der Waals surface area contributed by atoms with E-state index in [1.807, 2.05) is 6.07 Å². The number of rotatable bonds is 4. The molecule has 5 heteroatoms. The number of hydrogen-bond acceptors (Lipinski definition) is 3. The van der Waals surface area contributed by atoms with Crippen molar-refractivity contribution in [2.24, 2.45) is 0 Å². The van der Waals surface area contributed by atoms with E-state index in [2.05, 4.69) is 26.2 Å². The molecule has 1 amide bonds. The molecule has 0 spiro atoms. The van der Waals surface area contributed by atoms with E-state index in [1.165, 1.54) is 0 Å². The number of halogens is 1. The lowest BCUT2D eigenvalue weighted by Gasteiger charge is -2.07. The van der Waals surface area contributed by atoms with E-state index in [4.69, 9.17) is 4.74 Å². The van der Waals surface area contributed by atoms with Crippen LogP contribution in [-0.4, -0.2) is 23.3 Å². The van der Waals surface area contributed by atoms with Gasteiger partial charge in [-0.05, 0) is 6.07 Å². The zero-order valence-electron chi connectivity index (χ0n) is 7.79. The van der Waals surface area contributed by atoms with E-state index in [0.29, 0.717) is 17.8 Å². The largest absolute Gasteiger partial charge is 0.481 e. The molecule has 4 nitrogen and oxygen atoms in total. The van der Waals surface area contributed by atoms with Crippen LogP contribution >= 0.6 is 15.9 Å². The second-order valence-corrected chi connectivity index (χ2v) is 3.14. The third-order valence-corrected chi connectivity index (χ3v) is 2.15. The molecule has 0 radical (unpaired) electrons. The van der Waals surface area contributed by atoms with Gasteiger partial charge in [-0.25, -0.2) is 4.98 Å². The van der Waals surface area contributed by atoms with Crippen LogP contribution in [0.1, 0.15) is 5.56 Å². The summed E-state index contributed by atoms with van der Waals surface area (Å²) in [4.78, 5) is 15.0. The highest BCUT2D eigenvalue weighted by Crippen LogP contribution is 2.12. The molecule has 0 atom stereocenters. The maximum atomic E-state index is 11.0. The molecule has 14 heavy (non-hydrogen) atoms. The van der Waals surface area contributed by atoms with Gasteiger partial charge in [-0.3, -0.25) is 4.79 Å². The second-order valence-electron chi connectivity index (χ2n) is 2.58. The van der Waals surface area contributed by atoms with Crippen LogP contribution in [0, 0.1) is 0 Å². The third-order valence-electron chi connectivity index (χ3n) is 1.64. The molecule has 0 aliphatic carbocycles. The predicted octanol–water partition coefficient (Wildman–Crippen LogP) is 1.10. The zero-order chi connectivity index (χ0) is 10.4. The number of nitrogens with zero attached hydrogens (tertiary/aromatic N) is 1. The van der Waals surface area contributed by atoms with Gasteiger partial charge in [0.1, 0.15) is 0 Å². The van der Waals surface area contributed by atoms with Crippen LogP contribution in [0.3, 0.4) is 0 Å². The molecular weight excluding hydrogens is 248 g/mol.